The van der Waals surface area contributed by atoms with E-state index in [-0.39, 0.29) is 0 Å². The Morgan fingerprint density at radius 3 is 2.42 bits per heavy atom. The molecule has 0 radical (unpaired) electrons. The van der Waals surface area contributed by atoms with Gasteiger partial charge in [0.25, 0.3) is 0 Å². The quantitative estimate of drug-likeness (QED) is 0.722. The predicted octanol–water partition coefficient (Wildman–Crippen LogP) is 1.74. The molecule has 0 atom stereocenters. The van der Waals surface area contributed by atoms with E-state index in [4.69, 9.17) is 9.31 Å². The predicted molar refractivity (Wildman–Crippen MR) is 101 cm³/mol. The van der Waals surface area contributed by atoms with Crippen LogP contribution in [0.15, 0.2) is 24.4 Å². The molecule has 0 unspecified atom stereocenters. The molecular weight excluding hydrogens is 331 g/mol. The minimum Gasteiger partial charge on any atom is -0.398 e. The van der Waals surface area contributed by atoms with Crippen LogP contribution in [0.3, 0.4) is 0 Å². The molecule has 0 aromatic carbocycles. The summed E-state index contributed by atoms with van der Waals surface area (Å²) in [6, 6.07) is 5.84. The van der Waals surface area contributed by atoms with Gasteiger partial charge in [0.05, 0.1) is 23.0 Å². The largest absolute Gasteiger partial charge is 0.516 e. The Kier molecular flexibility index (Phi) is 3.64. The van der Waals surface area contributed by atoms with E-state index >= 15 is 0 Å². The van der Waals surface area contributed by atoms with Crippen molar-refractivity contribution in [3.05, 3.63) is 24.4 Å². The van der Waals surface area contributed by atoms with Crippen molar-refractivity contribution in [2.75, 3.05) is 5.32 Å². The van der Waals surface area contributed by atoms with Gasteiger partial charge in [0.15, 0.2) is 5.65 Å². The number of nitrogens with zero attached hydrogens (tertiary/aromatic N) is 5. The molecule has 3 aromatic heterocycles. The Bertz CT molecular complexity index is 961. The van der Waals surface area contributed by atoms with Crippen LogP contribution in [0.5, 0.6) is 0 Å². The second-order valence-electron chi connectivity index (χ2n) is 7.67. The van der Waals surface area contributed by atoms with Gasteiger partial charge < -0.3 is 14.6 Å². The van der Waals surface area contributed by atoms with E-state index < -0.39 is 18.3 Å². The summed E-state index contributed by atoms with van der Waals surface area (Å²) in [5.41, 5.74) is 0.766. The van der Waals surface area contributed by atoms with Gasteiger partial charge in [-0.15, -0.1) is 0 Å². The number of aromatic nitrogens is 5. The van der Waals surface area contributed by atoms with Crippen molar-refractivity contribution in [2.45, 2.75) is 38.9 Å². The maximum atomic E-state index is 6.08. The van der Waals surface area contributed by atoms with Crippen LogP contribution in [0, 0.1) is 0 Å². The van der Waals surface area contributed by atoms with Crippen LogP contribution < -0.4 is 10.9 Å². The summed E-state index contributed by atoms with van der Waals surface area (Å²) in [5, 5.41) is 13.1. The minimum atomic E-state index is -0.491. The van der Waals surface area contributed by atoms with Crippen LogP contribution >= 0.6 is 0 Å². The smallest absolute Gasteiger partial charge is 0.398 e. The average molecular weight is 354 g/mol. The van der Waals surface area contributed by atoms with E-state index in [1.165, 1.54) is 0 Å². The third-order valence-electron chi connectivity index (χ3n) is 5.23. The van der Waals surface area contributed by atoms with Crippen molar-refractivity contribution in [2.24, 2.45) is 14.1 Å². The summed E-state index contributed by atoms with van der Waals surface area (Å²) in [6.45, 7) is 8.12. The van der Waals surface area contributed by atoms with Crippen LogP contribution in [0.25, 0.3) is 11.0 Å². The van der Waals surface area contributed by atoms with Crippen molar-refractivity contribution in [3.8, 4) is 0 Å². The Hall–Kier alpha value is -2.39. The fourth-order valence-corrected chi connectivity index (χ4v) is 2.91. The maximum absolute atomic E-state index is 6.08. The SMILES string of the molecule is Cn1nc(B2OC(C)(C)C(C)(C)O2)cc1Nc1ccc2cnn(C)c2n1. The molecule has 26 heavy (non-hydrogen) atoms. The molecule has 0 aliphatic carbocycles. The van der Waals surface area contributed by atoms with Gasteiger partial charge in [-0.1, -0.05) is 0 Å². The summed E-state index contributed by atoms with van der Waals surface area (Å²) in [6.07, 6.45) is 1.80. The van der Waals surface area contributed by atoms with E-state index in [0.717, 1.165) is 28.3 Å². The van der Waals surface area contributed by atoms with E-state index in [9.17, 15) is 0 Å². The number of aryl methyl sites for hydroxylation is 2. The molecule has 1 aliphatic heterocycles. The third kappa shape index (κ3) is 2.67. The lowest BCUT2D eigenvalue weighted by molar-refractivity contribution is 0.00578. The molecule has 4 rings (SSSR count). The molecule has 1 fully saturated rings. The molecule has 8 nitrogen and oxygen atoms in total. The highest BCUT2D eigenvalue weighted by Crippen LogP contribution is 2.36. The van der Waals surface area contributed by atoms with Crippen LogP contribution in [-0.4, -0.2) is 42.9 Å². The van der Waals surface area contributed by atoms with E-state index in [2.05, 4.69) is 20.5 Å². The molecule has 136 valence electrons. The number of hydrogen-bond donors (Lipinski definition) is 1. The Labute approximate surface area is 152 Å². The Morgan fingerprint density at radius 1 is 1.04 bits per heavy atom. The summed E-state index contributed by atoms with van der Waals surface area (Å²) in [7, 11) is 3.26. The highest BCUT2D eigenvalue weighted by molar-refractivity contribution is 6.61. The van der Waals surface area contributed by atoms with Crippen molar-refractivity contribution in [3.63, 3.8) is 0 Å². The number of anilines is 2. The van der Waals surface area contributed by atoms with Crippen molar-refractivity contribution < 1.29 is 9.31 Å². The van der Waals surface area contributed by atoms with Crippen LogP contribution in [0.1, 0.15) is 27.7 Å². The van der Waals surface area contributed by atoms with Crippen LogP contribution in [-0.2, 0) is 23.4 Å². The summed E-state index contributed by atoms with van der Waals surface area (Å²) < 4.78 is 15.7. The number of rotatable bonds is 3. The zero-order valence-electron chi connectivity index (χ0n) is 15.9. The molecule has 4 heterocycles. The molecule has 0 amide bonds. The van der Waals surface area contributed by atoms with Gasteiger partial charge in [-0.2, -0.15) is 10.2 Å². The lowest BCUT2D eigenvalue weighted by Crippen LogP contribution is -2.41. The first-order valence-electron chi connectivity index (χ1n) is 8.62. The van der Waals surface area contributed by atoms with E-state index in [1.807, 2.05) is 60.0 Å². The van der Waals surface area contributed by atoms with Gasteiger partial charge in [-0.3, -0.25) is 9.36 Å². The Balaban J connectivity index is 1.59. The second-order valence-corrected chi connectivity index (χ2v) is 7.67. The van der Waals surface area contributed by atoms with E-state index in [1.54, 1.807) is 15.6 Å². The first kappa shape index (κ1) is 17.1. The zero-order valence-corrected chi connectivity index (χ0v) is 15.9. The minimum absolute atomic E-state index is 0.394. The zero-order chi connectivity index (χ0) is 18.7. The number of pyridine rings is 1. The van der Waals surface area contributed by atoms with Crippen molar-refractivity contribution >= 4 is 35.4 Å². The second kappa shape index (κ2) is 5.55. The number of fused-ring (bicyclic) bond motifs is 1. The number of nitrogens with one attached hydrogen (secondary N) is 1. The summed E-state index contributed by atoms with van der Waals surface area (Å²) >= 11 is 0. The lowest BCUT2D eigenvalue weighted by atomic mass is 9.85. The maximum Gasteiger partial charge on any atom is 0.516 e. The molecule has 1 N–H and O–H groups in total. The van der Waals surface area contributed by atoms with E-state index in [0.29, 0.717) is 0 Å². The van der Waals surface area contributed by atoms with Crippen LogP contribution in [0.2, 0.25) is 0 Å². The van der Waals surface area contributed by atoms with Gasteiger partial charge in [0.1, 0.15) is 11.6 Å². The fraction of sp³-hybridized carbons (Fsp3) is 0.471. The van der Waals surface area contributed by atoms with Crippen molar-refractivity contribution in [1.82, 2.24) is 24.5 Å². The van der Waals surface area contributed by atoms with Gasteiger partial charge in [0.2, 0.25) is 0 Å². The molecule has 0 saturated carbocycles. The molecular formula is C17H23BN6O2. The third-order valence-corrected chi connectivity index (χ3v) is 5.23. The molecule has 1 saturated heterocycles. The molecule has 9 heteroatoms. The normalized spacial score (nSPS) is 18.6. The number of hydrogen-bond acceptors (Lipinski definition) is 6. The molecule has 0 bridgehead atoms. The first-order chi connectivity index (χ1) is 12.2. The van der Waals surface area contributed by atoms with Gasteiger partial charge >= 0.3 is 7.12 Å². The highest BCUT2D eigenvalue weighted by atomic mass is 16.7. The fourth-order valence-electron chi connectivity index (χ4n) is 2.91. The topological polar surface area (TPSA) is 79.0 Å². The lowest BCUT2D eigenvalue weighted by Gasteiger charge is -2.32. The molecule has 1 aliphatic rings. The summed E-state index contributed by atoms with van der Waals surface area (Å²) in [4.78, 5) is 4.61. The first-order valence-corrected chi connectivity index (χ1v) is 8.62. The highest BCUT2D eigenvalue weighted by Gasteiger charge is 2.52. The van der Waals surface area contributed by atoms with Gasteiger partial charge in [-0.25, -0.2) is 4.98 Å². The average Bonchev–Trinajstić information content (AvgIpc) is 3.16. The van der Waals surface area contributed by atoms with Crippen LogP contribution in [0.4, 0.5) is 11.6 Å². The van der Waals surface area contributed by atoms with Crippen molar-refractivity contribution in [1.29, 1.82) is 0 Å². The molecule has 3 aromatic rings. The molecule has 0 spiro atoms. The standard InChI is InChI=1S/C17H23BN6O2/c1-16(2)17(3,4)26-18(25-16)12-9-14(23(5)22-12)20-13-8-7-11-10-19-24(6)15(11)21-13/h7-10H,1-6H3,(H,20,21). The Morgan fingerprint density at radius 2 is 1.73 bits per heavy atom. The monoisotopic (exact) mass is 354 g/mol. The summed E-state index contributed by atoms with van der Waals surface area (Å²) in [5.74, 6) is 1.54. The van der Waals surface area contributed by atoms with Gasteiger partial charge in [0, 0.05) is 25.5 Å². The van der Waals surface area contributed by atoms with Gasteiger partial charge in [-0.05, 0) is 39.8 Å².